The minimum absolute atomic E-state index is 0.112. The number of ether oxygens (including phenoxy) is 1. The molecule has 6 rings (SSSR count). The summed E-state index contributed by atoms with van der Waals surface area (Å²) in [5, 5.41) is 8.24. The normalized spacial score (nSPS) is 14.2. The summed E-state index contributed by atoms with van der Waals surface area (Å²) in [5.74, 6) is 1.72. The number of urea groups is 1. The number of nitrogens with zero attached hydrogens (tertiary/aromatic N) is 4. The number of benzene rings is 3. The molecule has 0 aliphatic carbocycles. The summed E-state index contributed by atoms with van der Waals surface area (Å²) >= 11 is 0. The number of carbonyl (C=O) groups excluding carboxylic acids is 1. The van der Waals surface area contributed by atoms with Crippen LogP contribution in [0, 0.1) is 0 Å². The first kappa shape index (κ1) is 25.5. The summed E-state index contributed by atoms with van der Waals surface area (Å²) in [6.45, 7) is 3.08. The van der Waals surface area contributed by atoms with Crippen LogP contribution in [0.3, 0.4) is 0 Å². The van der Waals surface area contributed by atoms with E-state index in [9.17, 15) is 4.79 Å². The molecule has 1 aliphatic rings. The molecule has 7 nitrogen and oxygen atoms in total. The molecule has 0 bridgehead atoms. The lowest BCUT2D eigenvalue weighted by Crippen LogP contribution is -2.42. The van der Waals surface area contributed by atoms with Crippen molar-refractivity contribution >= 4 is 6.03 Å². The number of amides is 2. The molecular formula is C33H33N5O2. The monoisotopic (exact) mass is 531 g/mol. The number of rotatable bonds is 7. The molecule has 7 heteroatoms. The number of fused-ring (bicyclic) bond motifs is 3. The van der Waals surface area contributed by atoms with Gasteiger partial charge in [0.2, 0.25) is 0 Å². The highest BCUT2D eigenvalue weighted by molar-refractivity contribution is 5.76. The number of methoxy groups -OCH3 is 1. The molecule has 5 aromatic rings. The number of para-hydroxylation sites is 1. The zero-order valence-electron chi connectivity index (χ0n) is 22.8. The maximum atomic E-state index is 14.0. The summed E-state index contributed by atoms with van der Waals surface area (Å²) in [6.07, 6.45) is 3.59. The maximum Gasteiger partial charge on any atom is 0.318 e. The van der Waals surface area contributed by atoms with Crippen molar-refractivity contribution in [2.75, 3.05) is 13.7 Å². The molecule has 0 saturated carbocycles. The molecule has 2 aromatic heterocycles. The molecule has 40 heavy (non-hydrogen) atoms. The highest BCUT2D eigenvalue weighted by Crippen LogP contribution is 2.39. The third-order valence-corrected chi connectivity index (χ3v) is 7.51. The Labute approximate surface area is 234 Å². The van der Waals surface area contributed by atoms with Crippen molar-refractivity contribution in [3.8, 4) is 17.3 Å². The van der Waals surface area contributed by atoms with Crippen molar-refractivity contribution in [3.63, 3.8) is 0 Å². The number of hydrogen-bond donors (Lipinski definition) is 1. The lowest BCUT2D eigenvalue weighted by molar-refractivity contribution is 0.180. The Morgan fingerprint density at radius 3 is 2.50 bits per heavy atom. The molecule has 1 atom stereocenters. The van der Waals surface area contributed by atoms with Gasteiger partial charge in [-0.3, -0.25) is 0 Å². The highest BCUT2D eigenvalue weighted by Gasteiger charge is 2.36. The molecule has 3 aromatic carbocycles. The first-order valence-corrected chi connectivity index (χ1v) is 13.7. The van der Waals surface area contributed by atoms with E-state index in [0.29, 0.717) is 13.1 Å². The standard InChI is InChI=1S/C33H33N5O2/c1-3-29-28-23-37(33(39)34-20-19-24-12-6-4-7-13-24)31(25-14-10-17-27(22-25)40-2)30-18-11-21-36(30)32(28)38(35-29)26-15-8-5-9-16-26/h4-18,21-22,31H,3,19-20,23H2,1-2H3,(H,34,39). The van der Waals surface area contributed by atoms with Gasteiger partial charge in [0, 0.05) is 18.3 Å². The van der Waals surface area contributed by atoms with Crippen molar-refractivity contribution in [3.05, 3.63) is 131 Å². The van der Waals surface area contributed by atoms with Crippen LogP contribution in [0.5, 0.6) is 5.75 Å². The van der Waals surface area contributed by atoms with Crippen molar-refractivity contribution < 1.29 is 9.53 Å². The molecule has 0 fully saturated rings. The zero-order chi connectivity index (χ0) is 27.5. The van der Waals surface area contributed by atoms with Crippen LogP contribution in [-0.2, 0) is 19.4 Å². The van der Waals surface area contributed by atoms with Crippen molar-refractivity contribution in [2.24, 2.45) is 0 Å². The van der Waals surface area contributed by atoms with Gasteiger partial charge in [-0.05, 0) is 60.4 Å². The van der Waals surface area contributed by atoms with E-state index < -0.39 is 0 Å². The van der Waals surface area contributed by atoms with Gasteiger partial charge in [0.15, 0.2) is 0 Å². The van der Waals surface area contributed by atoms with Crippen LogP contribution in [-0.4, -0.2) is 38.9 Å². The molecule has 1 aliphatic heterocycles. The van der Waals surface area contributed by atoms with Crippen LogP contribution < -0.4 is 10.1 Å². The van der Waals surface area contributed by atoms with E-state index >= 15 is 0 Å². The largest absolute Gasteiger partial charge is 0.497 e. The van der Waals surface area contributed by atoms with Crippen LogP contribution >= 0.6 is 0 Å². The van der Waals surface area contributed by atoms with Crippen LogP contribution in [0.1, 0.15) is 41.0 Å². The van der Waals surface area contributed by atoms with Gasteiger partial charge < -0.3 is 19.5 Å². The molecule has 0 spiro atoms. The zero-order valence-corrected chi connectivity index (χ0v) is 22.8. The fourth-order valence-corrected chi connectivity index (χ4v) is 5.57. The van der Waals surface area contributed by atoms with E-state index in [1.807, 2.05) is 70.2 Å². The van der Waals surface area contributed by atoms with Gasteiger partial charge in [0.25, 0.3) is 0 Å². The van der Waals surface area contributed by atoms with Gasteiger partial charge in [0.05, 0.1) is 36.8 Å². The lowest BCUT2D eigenvalue weighted by atomic mass is 10.0. The Morgan fingerprint density at radius 1 is 0.975 bits per heavy atom. The van der Waals surface area contributed by atoms with Crippen LogP contribution in [0.2, 0.25) is 0 Å². The highest BCUT2D eigenvalue weighted by atomic mass is 16.5. The molecule has 3 heterocycles. The third kappa shape index (κ3) is 4.75. The quantitative estimate of drug-likeness (QED) is 0.276. The maximum absolute atomic E-state index is 14.0. The number of hydrogen-bond acceptors (Lipinski definition) is 3. The lowest BCUT2D eigenvalue weighted by Gasteiger charge is -2.31. The van der Waals surface area contributed by atoms with Gasteiger partial charge in [0.1, 0.15) is 11.6 Å². The molecule has 1 unspecified atom stereocenters. The second-order valence-corrected chi connectivity index (χ2v) is 9.93. The molecule has 0 radical (unpaired) electrons. The van der Waals surface area contributed by atoms with E-state index in [-0.39, 0.29) is 12.1 Å². The molecular weight excluding hydrogens is 498 g/mol. The average Bonchev–Trinajstić information content (AvgIpc) is 3.59. The SMILES string of the molecule is CCc1nn(-c2ccccc2)c2c1CN(C(=O)NCCc1ccccc1)C(c1cccc(OC)c1)c1cccn1-2. The number of aromatic nitrogens is 3. The molecule has 1 N–H and O–H groups in total. The summed E-state index contributed by atoms with van der Waals surface area (Å²) in [6, 6.07) is 32.1. The minimum Gasteiger partial charge on any atom is -0.497 e. The number of nitrogens with one attached hydrogen (secondary N) is 1. The first-order valence-electron chi connectivity index (χ1n) is 13.7. The fourth-order valence-electron chi connectivity index (χ4n) is 5.57. The number of aryl methyl sites for hydroxylation is 1. The average molecular weight is 532 g/mol. The first-order chi connectivity index (χ1) is 19.7. The Kier molecular flexibility index (Phi) is 7.10. The second kappa shape index (κ2) is 11.1. The summed E-state index contributed by atoms with van der Waals surface area (Å²) in [7, 11) is 1.67. The van der Waals surface area contributed by atoms with Crippen molar-refractivity contribution in [1.29, 1.82) is 0 Å². The topological polar surface area (TPSA) is 64.3 Å². The van der Waals surface area contributed by atoms with Crippen LogP contribution in [0.25, 0.3) is 11.5 Å². The molecule has 202 valence electrons. The second-order valence-electron chi connectivity index (χ2n) is 9.93. The van der Waals surface area contributed by atoms with Gasteiger partial charge in [-0.25, -0.2) is 9.48 Å². The van der Waals surface area contributed by atoms with Gasteiger partial charge in [-0.2, -0.15) is 5.10 Å². The van der Waals surface area contributed by atoms with E-state index in [1.165, 1.54) is 5.56 Å². The summed E-state index contributed by atoms with van der Waals surface area (Å²) in [5.41, 5.74) is 6.18. The predicted molar refractivity (Wildman–Crippen MR) is 156 cm³/mol. The van der Waals surface area contributed by atoms with Gasteiger partial charge in [-0.1, -0.05) is 67.6 Å². The number of carbonyl (C=O) groups is 1. The van der Waals surface area contributed by atoms with Crippen LogP contribution in [0.4, 0.5) is 4.79 Å². The smallest absolute Gasteiger partial charge is 0.318 e. The van der Waals surface area contributed by atoms with Crippen LogP contribution in [0.15, 0.2) is 103 Å². The van der Waals surface area contributed by atoms with Crippen molar-refractivity contribution in [1.82, 2.24) is 24.6 Å². The van der Waals surface area contributed by atoms with Gasteiger partial charge >= 0.3 is 6.03 Å². The Balaban J connectivity index is 1.46. The minimum atomic E-state index is -0.330. The molecule has 0 saturated heterocycles. The van der Waals surface area contributed by atoms with E-state index in [4.69, 9.17) is 9.84 Å². The summed E-state index contributed by atoms with van der Waals surface area (Å²) in [4.78, 5) is 16.0. The van der Waals surface area contributed by atoms with E-state index in [2.05, 4.69) is 59.4 Å². The van der Waals surface area contributed by atoms with Gasteiger partial charge in [-0.15, -0.1) is 0 Å². The van der Waals surface area contributed by atoms with Crippen molar-refractivity contribution in [2.45, 2.75) is 32.4 Å². The molecule has 2 amide bonds. The van der Waals surface area contributed by atoms with E-state index in [1.54, 1.807) is 7.11 Å². The predicted octanol–water partition coefficient (Wildman–Crippen LogP) is 6.09. The van der Waals surface area contributed by atoms with E-state index in [0.717, 1.165) is 52.6 Å². The Bertz CT molecular complexity index is 1610. The Morgan fingerprint density at radius 2 is 1.75 bits per heavy atom. The third-order valence-electron chi connectivity index (χ3n) is 7.51. The summed E-state index contributed by atoms with van der Waals surface area (Å²) < 4.78 is 9.78. The fraction of sp³-hybridized carbons (Fsp3) is 0.212. The Hall–Kier alpha value is -4.78.